The molecule has 0 aliphatic carbocycles. The molecule has 2 unspecified atom stereocenters. The quantitative estimate of drug-likeness (QED) is 0.715. The zero-order valence-corrected chi connectivity index (χ0v) is 11.8. The monoisotopic (exact) mass is 236 g/mol. The molecule has 1 rings (SSSR count). The Kier molecular flexibility index (Phi) is 4.68. The Labute approximate surface area is 100 Å². The molecule has 0 heterocycles. The van der Waals surface area contributed by atoms with E-state index in [1.807, 2.05) is 6.92 Å². The molecule has 0 bridgehead atoms. The average molecular weight is 236 g/mol. The summed E-state index contributed by atoms with van der Waals surface area (Å²) in [6.07, 6.45) is 1.08. The van der Waals surface area contributed by atoms with Crippen LogP contribution in [0, 0.1) is 20.8 Å². The van der Waals surface area contributed by atoms with Gasteiger partial charge in [0, 0.05) is 5.56 Å². The van der Waals surface area contributed by atoms with Crippen LogP contribution in [0.15, 0.2) is 12.1 Å². The highest BCUT2D eigenvalue weighted by Gasteiger charge is 2.15. The van der Waals surface area contributed by atoms with Crippen molar-refractivity contribution >= 4 is 14.1 Å². The van der Waals surface area contributed by atoms with E-state index < -0.39 is 0 Å². The zero-order valence-electron chi connectivity index (χ0n) is 10.8. The minimum absolute atomic E-state index is 0.327. The van der Waals surface area contributed by atoms with E-state index in [1.165, 1.54) is 5.56 Å². The molecule has 2 heteroatoms. The van der Waals surface area contributed by atoms with Crippen molar-refractivity contribution < 1.29 is 4.79 Å². The maximum atomic E-state index is 12.2. The van der Waals surface area contributed by atoms with Gasteiger partial charge < -0.3 is 0 Å². The largest absolute Gasteiger partial charge is 0.289 e. The van der Waals surface area contributed by atoms with Crippen molar-refractivity contribution in [3.05, 3.63) is 34.4 Å². The van der Waals surface area contributed by atoms with Gasteiger partial charge in [0.2, 0.25) is 0 Å². The van der Waals surface area contributed by atoms with Crippen molar-refractivity contribution in [1.29, 1.82) is 0 Å². The maximum Gasteiger partial charge on any atom is 0.181 e. The molecule has 2 atom stereocenters. The third kappa shape index (κ3) is 2.92. The van der Waals surface area contributed by atoms with Crippen molar-refractivity contribution in [2.75, 3.05) is 0 Å². The first-order valence-electron chi connectivity index (χ1n) is 5.85. The molecule has 0 fully saturated rings. The van der Waals surface area contributed by atoms with E-state index >= 15 is 0 Å². The van der Waals surface area contributed by atoms with Crippen LogP contribution in [0.5, 0.6) is 0 Å². The second-order valence-electron chi connectivity index (χ2n) is 4.48. The first kappa shape index (κ1) is 13.4. The van der Waals surface area contributed by atoms with Crippen LogP contribution >= 0.6 is 8.58 Å². The summed E-state index contributed by atoms with van der Waals surface area (Å²) >= 11 is 0. The Morgan fingerprint density at radius 1 is 1.25 bits per heavy atom. The topological polar surface area (TPSA) is 17.1 Å². The molecule has 0 aromatic heterocycles. The van der Waals surface area contributed by atoms with E-state index in [4.69, 9.17) is 0 Å². The summed E-state index contributed by atoms with van der Waals surface area (Å²) in [6, 6.07) is 4.14. The van der Waals surface area contributed by atoms with Crippen LogP contribution in [0.2, 0.25) is 0 Å². The SMILES string of the molecule is CCC(C)PC(=O)c1c(C)ccc(C)c1C. The van der Waals surface area contributed by atoms with E-state index in [0.717, 1.165) is 23.1 Å². The lowest BCUT2D eigenvalue weighted by Gasteiger charge is -2.13. The van der Waals surface area contributed by atoms with E-state index in [2.05, 4.69) is 39.8 Å². The highest BCUT2D eigenvalue weighted by atomic mass is 31.1. The van der Waals surface area contributed by atoms with Gasteiger partial charge >= 0.3 is 0 Å². The number of hydrogen-bond donors (Lipinski definition) is 0. The predicted molar refractivity (Wildman–Crippen MR) is 73.1 cm³/mol. The molecule has 0 spiro atoms. The lowest BCUT2D eigenvalue weighted by molar-refractivity contribution is 0.108. The van der Waals surface area contributed by atoms with Crippen molar-refractivity contribution in [3.63, 3.8) is 0 Å². The van der Waals surface area contributed by atoms with Crippen LogP contribution in [0.4, 0.5) is 0 Å². The van der Waals surface area contributed by atoms with E-state index in [1.54, 1.807) is 0 Å². The van der Waals surface area contributed by atoms with Crippen molar-refractivity contribution in [1.82, 2.24) is 0 Å². The minimum Gasteiger partial charge on any atom is -0.289 e. The number of benzene rings is 1. The summed E-state index contributed by atoms with van der Waals surface area (Å²) in [5, 5.41) is 0. The molecule has 0 saturated carbocycles. The summed E-state index contributed by atoms with van der Waals surface area (Å²) < 4.78 is 0. The van der Waals surface area contributed by atoms with Crippen molar-refractivity contribution in [2.24, 2.45) is 0 Å². The Bertz CT molecular complexity index is 396. The van der Waals surface area contributed by atoms with Gasteiger partial charge in [-0.15, -0.1) is 0 Å². The molecule has 16 heavy (non-hydrogen) atoms. The molecule has 0 N–H and O–H groups in total. The molecule has 1 aromatic rings. The van der Waals surface area contributed by atoms with Gasteiger partial charge in [-0.3, -0.25) is 4.79 Å². The van der Waals surface area contributed by atoms with Gasteiger partial charge in [0.25, 0.3) is 0 Å². The molecular weight excluding hydrogens is 215 g/mol. The predicted octanol–water partition coefficient (Wildman–Crippen LogP) is 4.23. The molecule has 0 aliphatic heterocycles. The van der Waals surface area contributed by atoms with Crippen LogP contribution in [0.25, 0.3) is 0 Å². The molecular formula is C14H21OP. The molecule has 0 radical (unpaired) electrons. The van der Waals surface area contributed by atoms with Gasteiger partial charge in [0.1, 0.15) is 0 Å². The van der Waals surface area contributed by atoms with Gasteiger partial charge in [-0.2, -0.15) is 0 Å². The fourth-order valence-electron chi connectivity index (χ4n) is 1.70. The Hall–Kier alpha value is -0.680. The first-order chi connectivity index (χ1) is 7.47. The molecule has 0 saturated heterocycles. The van der Waals surface area contributed by atoms with Crippen LogP contribution in [-0.2, 0) is 0 Å². The maximum absolute atomic E-state index is 12.2. The summed E-state index contributed by atoms with van der Waals surface area (Å²) in [7, 11) is 0.407. The van der Waals surface area contributed by atoms with Crippen molar-refractivity contribution in [2.45, 2.75) is 46.7 Å². The van der Waals surface area contributed by atoms with E-state index in [0.29, 0.717) is 19.8 Å². The highest BCUT2D eigenvalue weighted by molar-refractivity contribution is 7.59. The summed E-state index contributed by atoms with van der Waals surface area (Å²) in [6.45, 7) is 10.4. The Balaban J connectivity index is 3.03. The fourth-order valence-corrected chi connectivity index (χ4v) is 2.88. The van der Waals surface area contributed by atoms with Crippen LogP contribution in [0.1, 0.15) is 47.3 Å². The number of hydrogen-bond acceptors (Lipinski definition) is 1. The third-order valence-corrected chi connectivity index (χ3v) is 4.57. The minimum atomic E-state index is 0.327. The van der Waals surface area contributed by atoms with Gasteiger partial charge in [0.15, 0.2) is 5.52 Å². The highest BCUT2D eigenvalue weighted by Crippen LogP contribution is 2.30. The van der Waals surface area contributed by atoms with Gasteiger partial charge in [-0.05, 0) is 58.1 Å². The molecule has 1 nitrogen and oxygen atoms in total. The number of carbonyl (C=O) groups excluding carboxylic acids is 1. The fraction of sp³-hybridized carbons (Fsp3) is 0.500. The third-order valence-electron chi connectivity index (χ3n) is 3.16. The number of carbonyl (C=O) groups is 1. The van der Waals surface area contributed by atoms with Crippen molar-refractivity contribution in [3.8, 4) is 0 Å². The van der Waals surface area contributed by atoms with Gasteiger partial charge in [0.05, 0.1) is 0 Å². The summed E-state index contributed by atoms with van der Waals surface area (Å²) in [5.74, 6) is 0. The Morgan fingerprint density at radius 3 is 2.38 bits per heavy atom. The van der Waals surface area contributed by atoms with Crippen LogP contribution in [-0.4, -0.2) is 11.2 Å². The number of rotatable bonds is 4. The number of aryl methyl sites for hydroxylation is 2. The van der Waals surface area contributed by atoms with Crippen LogP contribution in [0.3, 0.4) is 0 Å². The zero-order chi connectivity index (χ0) is 12.3. The molecule has 0 amide bonds. The molecule has 1 aromatic carbocycles. The first-order valence-corrected chi connectivity index (χ1v) is 6.92. The summed E-state index contributed by atoms with van der Waals surface area (Å²) in [4.78, 5) is 12.2. The normalized spacial score (nSPS) is 13.3. The molecule has 0 aliphatic rings. The Morgan fingerprint density at radius 2 is 1.81 bits per heavy atom. The van der Waals surface area contributed by atoms with Gasteiger partial charge in [-0.25, -0.2) is 0 Å². The van der Waals surface area contributed by atoms with E-state index in [-0.39, 0.29) is 0 Å². The van der Waals surface area contributed by atoms with Crippen LogP contribution < -0.4 is 0 Å². The standard InChI is InChI=1S/C14H21OP/c1-6-11(4)16-14(15)13-10(3)8-7-9(2)12(13)5/h7-8,11,16H,6H2,1-5H3. The van der Waals surface area contributed by atoms with E-state index in [9.17, 15) is 4.79 Å². The van der Waals surface area contributed by atoms with Gasteiger partial charge in [-0.1, -0.05) is 26.0 Å². The second-order valence-corrected chi connectivity index (χ2v) is 6.21. The average Bonchev–Trinajstić information content (AvgIpc) is 2.24. The lowest BCUT2D eigenvalue weighted by Crippen LogP contribution is -2.04. The summed E-state index contributed by atoms with van der Waals surface area (Å²) in [5.41, 5.74) is 5.27. The smallest absolute Gasteiger partial charge is 0.181 e. The molecule has 88 valence electrons. The second kappa shape index (κ2) is 5.59. The lowest BCUT2D eigenvalue weighted by atomic mass is 9.99.